The molecule has 0 aliphatic carbocycles. The lowest BCUT2D eigenvalue weighted by atomic mass is 10.3. The average molecular weight is 360 g/mol. The second kappa shape index (κ2) is 6.73. The van der Waals surface area contributed by atoms with Crippen LogP contribution in [0.4, 0.5) is 4.39 Å². The van der Waals surface area contributed by atoms with Crippen LogP contribution in [0.1, 0.15) is 17.0 Å². The Morgan fingerprint density at radius 3 is 2.52 bits per heavy atom. The number of nitrogens with zero attached hydrogens (tertiary/aromatic N) is 3. The van der Waals surface area contributed by atoms with Gasteiger partial charge in [-0.1, -0.05) is 18.2 Å². The average Bonchev–Trinajstić information content (AvgIpc) is 2.92. The Bertz CT molecular complexity index is 998. The van der Waals surface area contributed by atoms with Crippen molar-refractivity contribution in [2.45, 2.75) is 25.3 Å². The highest BCUT2D eigenvalue weighted by Gasteiger charge is 2.18. The van der Waals surface area contributed by atoms with Crippen molar-refractivity contribution in [1.29, 1.82) is 0 Å². The number of hydrogen-bond donors (Lipinski definition) is 1. The number of pyridine rings is 1. The number of benzene rings is 1. The van der Waals surface area contributed by atoms with Gasteiger partial charge in [0.1, 0.15) is 10.7 Å². The molecule has 2 aromatic heterocycles. The largest absolute Gasteiger partial charge is 0.243 e. The first-order chi connectivity index (χ1) is 11.9. The third-order valence-corrected chi connectivity index (χ3v) is 5.06. The minimum absolute atomic E-state index is 0.0149. The third-order valence-electron chi connectivity index (χ3n) is 3.63. The third kappa shape index (κ3) is 3.75. The number of rotatable bonds is 5. The maximum Gasteiger partial charge on any atom is 0.243 e. The molecule has 25 heavy (non-hydrogen) atoms. The van der Waals surface area contributed by atoms with Gasteiger partial charge in [0, 0.05) is 18.4 Å². The molecule has 0 amide bonds. The van der Waals surface area contributed by atoms with Crippen molar-refractivity contribution in [2.24, 2.45) is 0 Å². The van der Waals surface area contributed by atoms with Gasteiger partial charge in [-0.25, -0.2) is 27.2 Å². The van der Waals surface area contributed by atoms with Crippen molar-refractivity contribution in [3.8, 4) is 5.82 Å². The second-order valence-corrected chi connectivity index (χ2v) is 7.35. The summed E-state index contributed by atoms with van der Waals surface area (Å²) in [5.41, 5.74) is 2.50. The lowest BCUT2D eigenvalue weighted by molar-refractivity contribution is 0.556. The molecule has 1 N–H and O–H groups in total. The molecule has 0 saturated carbocycles. The zero-order chi connectivity index (χ0) is 18.0. The number of sulfonamides is 1. The molecule has 0 atom stereocenters. The standard InChI is InChI=1S/C17H17FN4O2S/c1-12-9-13(2)22(21-12)17-8-7-14(10-19-17)11-20-25(23,24)16-6-4-3-5-15(16)18/h3-10,20H,11H2,1-2H3. The molecule has 1 aromatic carbocycles. The number of halogens is 1. The van der Waals surface area contributed by atoms with E-state index in [0.717, 1.165) is 17.5 Å². The first kappa shape index (κ1) is 17.2. The van der Waals surface area contributed by atoms with Gasteiger partial charge in [0.15, 0.2) is 5.82 Å². The minimum Gasteiger partial charge on any atom is -0.237 e. The second-order valence-electron chi connectivity index (χ2n) is 5.62. The molecule has 3 rings (SSSR count). The van der Waals surface area contributed by atoms with Gasteiger partial charge in [-0.15, -0.1) is 0 Å². The Morgan fingerprint density at radius 2 is 1.92 bits per heavy atom. The van der Waals surface area contributed by atoms with E-state index in [4.69, 9.17) is 0 Å². The van der Waals surface area contributed by atoms with E-state index < -0.39 is 15.8 Å². The lowest BCUT2D eigenvalue weighted by Gasteiger charge is -2.08. The van der Waals surface area contributed by atoms with Gasteiger partial charge in [0.05, 0.1) is 5.69 Å². The van der Waals surface area contributed by atoms with Crippen LogP contribution < -0.4 is 4.72 Å². The van der Waals surface area contributed by atoms with Gasteiger partial charge >= 0.3 is 0 Å². The summed E-state index contributed by atoms with van der Waals surface area (Å²) in [5.74, 6) is -0.140. The Balaban J connectivity index is 1.74. The van der Waals surface area contributed by atoms with E-state index in [1.807, 2.05) is 19.9 Å². The highest BCUT2D eigenvalue weighted by atomic mass is 32.2. The molecular formula is C17H17FN4O2S. The van der Waals surface area contributed by atoms with Gasteiger partial charge in [0.25, 0.3) is 0 Å². The molecular weight excluding hydrogens is 343 g/mol. The lowest BCUT2D eigenvalue weighted by Crippen LogP contribution is -2.24. The van der Waals surface area contributed by atoms with Crippen molar-refractivity contribution in [3.63, 3.8) is 0 Å². The summed E-state index contributed by atoms with van der Waals surface area (Å²) in [6.45, 7) is 3.84. The summed E-state index contributed by atoms with van der Waals surface area (Å²) in [5, 5.41) is 4.35. The molecule has 0 unspecified atom stereocenters. The molecule has 0 aliphatic rings. The number of aromatic nitrogens is 3. The molecule has 0 bridgehead atoms. The maximum atomic E-state index is 13.7. The highest BCUT2D eigenvalue weighted by Crippen LogP contribution is 2.14. The Hall–Kier alpha value is -2.58. The van der Waals surface area contributed by atoms with Crippen LogP contribution in [0.25, 0.3) is 5.82 Å². The van der Waals surface area contributed by atoms with E-state index >= 15 is 0 Å². The minimum atomic E-state index is -3.93. The monoisotopic (exact) mass is 360 g/mol. The van der Waals surface area contributed by atoms with Crippen LogP contribution >= 0.6 is 0 Å². The van der Waals surface area contributed by atoms with Crippen molar-refractivity contribution in [1.82, 2.24) is 19.5 Å². The maximum absolute atomic E-state index is 13.7. The summed E-state index contributed by atoms with van der Waals surface area (Å²) in [4.78, 5) is 3.93. The number of nitrogens with one attached hydrogen (secondary N) is 1. The number of hydrogen-bond acceptors (Lipinski definition) is 4. The van der Waals surface area contributed by atoms with Crippen LogP contribution in [0, 0.1) is 19.7 Å². The first-order valence-corrected chi connectivity index (χ1v) is 9.08. The van der Waals surface area contributed by atoms with E-state index in [1.54, 1.807) is 23.0 Å². The zero-order valence-electron chi connectivity index (χ0n) is 13.8. The molecule has 0 aliphatic heterocycles. The van der Waals surface area contributed by atoms with E-state index in [2.05, 4.69) is 14.8 Å². The van der Waals surface area contributed by atoms with Gasteiger partial charge in [0.2, 0.25) is 10.0 Å². The predicted octanol–water partition coefficient (Wildman–Crippen LogP) is 2.50. The Labute approximate surface area is 145 Å². The van der Waals surface area contributed by atoms with Gasteiger partial charge in [-0.3, -0.25) is 0 Å². The van der Waals surface area contributed by atoms with Crippen LogP contribution in [0.2, 0.25) is 0 Å². The topological polar surface area (TPSA) is 76.9 Å². The fourth-order valence-corrected chi connectivity index (χ4v) is 3.52. The van der Waals surface area contributed by atoms with E-state index in [-0.39, 0.29) is 11.4 Å². The predicted molar refractivity (Wildman–Crippen MR) is 91.3 cm³/mol. The van der Waals surface area contributed by atoms with Crippen molar-refractivity contribution in [2.75, 3.05) is 0 Å². The smallest absolute Gasteiger partial charge is 0.237 e. The van der Waals surface area contributed by atoms with Gasteiger partial charge < -0.3 is 0 Å². The fourth-order valence-electron chi connectivity index (χ4n) is 2.43. The van der Waals surface area contributed by atoms with Crippen molar-refractivity contribution < 1.29 is 12.8 Å². The highest BCUT2D eigenvalue weighted by molar-refractivity contribution is 7.89. The Morgan fingerprint density at radius 1 is 1.16 bits per heavy atom. The van der Waals surface area contributed by atoms with Crippen LogP contribution in [-0.2, 0) is 16.6 Å². The SMILES string of the molecule is Cc1cc(C)n(-c2ccc(CNS(=O)(=O)c3ccccc3F)cn2)n1. The van der Waals surface area contributed by atoms with Crippen molar-refractivity contribution in [3.05, 3.63) is 71.4 Å². The summed E-state index contributed by atoms with van der Waals surface area (Å²) in [6.07, 6.45) is 1.57. The normalized spacial score (nSPS) is 11.6. The van der Waals surface area contributed by atoms with Crippen LogP contribution in [0.15, 0.2) is 53.6 Å². The van der Waals surface area contributed by atoms with Crippen LogP contribution in [-0.4, -0.2) is 23.2 Å². The molecule has 130 valence electrons. The molecule has 0 spiro atoms. The Kier molecular flexibility index (Phi) is 4.65. The van der Waals surface area contributed by atoms with Crippen molar-refractivity contribution >= 4 is 10.0 Å². The van der Waals surface area contributed by atoms with Gasteiger partial charge in [-0.2, -0.15) is 5.10 Å². The molecule has 6 nitrogen and oxygen atoms in total. The van der Waals surface area contributed by atoms with E-state index in [0.29, 0.717) is 11.4 Å². The zero-order valence-corrected chi connectivity index (χ0v) is 14.6. The molecule has 0 fully saturated rings. The van der Waals surface area contributed by atoms with Crippen LogP contribution in [0.3, 0.4) is 0 Å². The van der Waals surface area contributed by atoms with Gasteiger partial charge in [-0.05, 0) is 43.7 Å². The molecule has 0 saturated heterocycles. The summed E-state index contributed by atoms with van der Waals surface area (Å²) in [6, 6.07) is 10.7. The first-order valence-electron chi connectivity index (χ1n) is 7.59. The molecule has 0 radical (unpaired) electrons. The van der Waals surface area contributed by atoms with E-state index in [1.165, 1.54) is 18.2 Å². The fraction of sp³-hybridized carbons (Fsp3) is 0.176. The molecule has 2 heterocycles. The summed E-state index contributed by atoms with van der Waals surface area (Å²) in [7, 11) is -3.93. The van der Waals surface area contributed by atoms with Crippen LogP contribution in [0.5, 0.6) is 0 Å². The quantitative estimate of drug-likeness (QED) is 0.758. The molecule has 8 heteroatoms. The summed E-state index contributed by atoms with van der Waals surface area (Å²) >= 11 is 0. The van der Waals surface area contributed by atoms with E-state index in [9.17, 15) is 12.8 Å². The number of aryl methyl sites for hydroxylation is 2. The molecule has 3 aromatic rings. The summed E-state index contributed by atoms with van der Waals surface area (Å²) < 4.78 is 42.1.